The van der Waals surface area contributed by atoms with E-state index in [4.69, 9.17) is 23.7 Å². The Morgan fingerprint density at radius 2 is 0.984 bits per heavy atom. The first-order valence-electron chi connectivity index (χ1n) is 20.6. The van der Waals surface area contributed by atoms with Crippen LogP contribution in [-0.4, -0.2) is 77.5 Å². The molecule has 4 rings (SSSR count). The normalized spacial score (nSPS) is 13.9. The molecule has 14 heteroatoms. The van der Waals surface area contributed by atoms with Crippen LogP contribution in [0.5, 0.6) is 0 Å². The minimum Gasteiger partial charge on any atom is -0.459 e. The molecule has 3 aromatic carbocycles. The molecule has 1 aliphatic carbocycles. The number of fused-ring (bicyclic) bond motifs is 3. The summed E-state index contributed by atoms with van der Waals surface area (Å²) in [6.07, 6.45) is -1.93. The van der Waals surface area contributed by atoms with Crippen molar-refractivity contribution in [2.75, 3.05) is 6.61 Å². The van der Waals surface area contributed by atoms with Crippen LogP contribution in [0.15, 0.2) is 78.9 Å². The molecule has 0 fully saturated rings. The van der Waals surface area contributed by atoms with Crippen LogP contribution in [0, 0.1) is 0 Å². The zero-order chi connectivity index (χ0) is 45.0. The largest absolute Gasteiger partial charge is 0.459 e. The summed E-state index contributed by atoms with van der Waals surface area (Å²) in [7, 11) is 0. The molecule has 0 radical (unpaired) electrons. The molecule has 0 saturated carbocycles. The number of alkyl carbamates (subject to hydrolysis) is 2. The van der Waals surface area contributed by atoms with Crippen molar-refractivity contribution < 1.29 is 52.5 Å². The molecule has 14 nitrogen and oxygen atoms in total. The summed E-state index contributed by atoms with van der Waals surface area (Å²) >= 11 is 0. The van der Waals surface area contributed by atoms with Crippen molar-refractivity contribution in [3.8, 4) is 11.1 Å². The van der Waals surface area contributed by atoms with Crippen molar-refractivity contribution in [1.82, 2.24) is 16.0 Å². The number of ether oxygens (including phenoxy) is 5. The summed E-state index contributed by atoms with van der Waals surface area (Å²) in [6.45, 7) is 15.2. The second-order valence-corrected chi connectivity index (χ2v) is 18.0. The predicted molar refractivity (Wildman–Crippen MR) is 228 cm³/mol. The van der Waals surface area contributed by atoms with Crippen molar-refractivity contribution in [2.45, 2.75) is 142 Å². The second kappa shape index (κ2) is 21.0. The van der Waals surface area contributed by atoms with Crippen LogP contribution >= 0.6 is 0 Å². The van der Waals surface area contributed by atoms with Crippen molar-refractivity contribution in [3.05, 3.63) is 95.6 Å². The number of amides is 3. The SMILES string of the molecule is CC(C)(C)OC(=O)N[C@H](CCC[C@H](NC(=O)CC[C@@H](NC(=O)OCC1c2ccccc2-c2ccccc21)C(=O)OCc1ccccc1)C(=O)OC(C)(C)C)C(=O)OC(C)(C)C. The Hall–Kier alpha value is -5.92. The molecule has 3 amide bonds. The highest BCUT2D eigenvalue weighted by atomic mass is 16.6. The van der Waals surface area contributed by atoms with Gasteiger partial charge in [0.1, 0.15) is 48.1 Å². The molecule has 0 aromatic heterocycles. The average molecular weight is 844 g/mol. The van der Waals surface area contributed by atoms with E-state index in [0.29, 0.717) is 0 Å². The third kappa shape index (κ3) is 15.9. The molecule has 1 aliphatic rings. The summed E-state index contributed by atoms with van der Waals surface area (Å²) in [4.78, 5) is 79.5. The first kappa shape index (κ1) is 47.8. The predicted octanol–water partition coefficient (Wildman–Crippen LogP) is 7.65. The van der Waals surface area contributed by atoms with Crippen molar-refractivity contribution in [1.29, 1.82) is 0 Å². The maximum Gasteiger partial charge on any atom is 0.408 e. The van der Waals surface area contributed by atoms with E-state index in [1.807, 2.05) is 54.6 Å². The number of hydrogen-bond acceptors (Lipinski definition) is 11. The molecule has 0 aliphatic heterocycles. The molecule has 330 valence electrons. The average Bonchev–Trinajstić information content (AvgIpc) is 3.48. The monoisotopic (exact) mass is 843 g/mol. The zero-order valence-electron chi connectivity index (χ0n) is 36.8. The van der Waals surface area contributed by atoms with Gasteiger partial charge in [0.15, 0.2) is 0 Å². The fourth-order valence-corrected chi connectivity index (χ4v) is 6.62. The lowest BCUT2D eigenvalue weighted by Crippen LogP contribution is -2.47. The molecule has 0 bridgehead atoms. The van der Waals surface area contributed by atoms with Gasteiger partial charge >= 0.3 is 30.1 Å². The summed E-state index contributed by atoms with van der Waals surface area (Å²) in [6, 6.07) is 21.3. The van der Waals surface area contributed by atoms with Crippen LogP contribution in [0.4, 0.5) is 9.59 Å². The summed E-state index contributed by atoms with van der Waals surface area (Å²) in [5, 5.41) is 7.86. The van der Waals surface area contributed by atoms with E-state index < -0.39 is 70.9 Å². The van der Waals surface area contributed by atoms with Gasteiger partial charge in [0.05, 0.1) is 0 Å². The molecule has 0 spiro atoms. The number of rotatable bonds is 17. The van der Waals surface area contributed by atoms with Gasteiger partial charge in [0.2, 0.25) is 5.91 Å². The minimum absolute atomic E-state index is 0.00573. The van der Waals surface area contributed by atoms with Crippen LogP contribution in [0.1, 0.15) is 117 Å². The molecule has 0 heterocycles. The zero-order valence-corrected chi connectivity index (χ0v) is 36.8. The van der Waals surface area contributed by atoms with Crippen molar-refractivity contribution >= 4 is 36.0 Å². The lowest BCUT2D eigenvalue weighted by molar-refractivity contribution is -0.159. The maximum absolute atomic E-state index is 13.5. The van der Waals surface area contributed by atoms with E-state index in [-0.39, 0.29) is 51.2 Å². The van der Waals surface area contributed by atoms with E-state index in [0.717, 1.165) is 27.8 Å². The summed E-state index contributed by atoms with van der Waals surface area (Å²) in [5.74, 6) is -3.01. The van der Waals surface area contributed by atoms with Gasteiger partial charge in [-0.3, -0.25) is 4.79 Å². The highest BCUT2D eigenvalue weighted by Gasteiger charge is 2.33. The van der Waals surface area contributed by atoms with E-state index in [9.17, 15) is 28.8 Å². The standard InChI is InChI=1S/C47H61N3O11/c1-45(2,3)59-41(53)36(24-17-25-37(42(54)60-46(4,5)6)50-44(56)61-47(7,8)9)48-39(51)27-26-38(40(52)57-28-30-18-11-10-12-19-30)49-43(55)58-29-35-33-22-15-13-20-31(33)32-21-14-16-23-34(32)35/h10-16,18-23,35-38H,17,24-29H2,1-9H3,(H,48,51)(H,49,55)(H,50,56)/t36-,37+,38+/m0/s1. The number of nitrogens with one attached hydrogen (secondary N) is 3. The molecule has 3 aromatic rings. The van der Waals surface area contributed by atoms with Gasteiger partial charge in [-0.05, 0) is 116 Å². The molecular formula is C47H61N3O11. The Morgan fingerprint density at radius 1 is 0.525 bits per heavy atom. The van der Waals surface area contributed by atoms with Crippen molar-refractivity contribution in [3.63, 3.8) is 0 Å². The molecule has 3 atom stereocenters. The Morgan fingerprint density at radius 3 is 1.51 bits per heavy atom. The van der Waals surface area contributed by atoms with E-state index >= 15 is 0 Å². The third-order valence-electron chi connectivity index (χ3n) is 9.20. The van der Waals surface area contributed by atoms with E-state index in [2.05, 4.69) is 16.0 Å². The van der Waals surface area contributed by atoms with Crippen LogP contribution in [-0.2, 0) is 49.5 Å². The fraction of sp³-hybridized carbons (Fsp3) is 0.489. The Balaban J connectivity index is 1.43. The minimum atomic E-state index is -1.28. The van der Waals surface area contributed by atoms with E-state index in [1.54, 1.807) is 86.6 Å². The second-order valence-electron chi connectivity index (χ2n) is 18.0. The summed E-state index contributed by atoms with van der Waals surface area (Å²) in [5.41, 5.74) is 2.33. The van der Waals surface area contributed by atoms with Crippen LogP contribution in [0.25, 0.3) is 11.1 Å². The number of hydrogen-bond donors (Lipinski definition) is 3. The van der Waals surface area contributed by atoms with Gasteiger partial charge in [0.25, 0.3) is 0 Å². The third-order valence-corrected chi connectivity index (χ3v) is 9.20. The lowest BCUT2D eigenvalue weighted by Gasteiger charge is -2.27. The molecule has 0 unspecified atom stereocenters. The topological polar surface area (TPSA) is 185 Å². The van der Waals surface area contributed by atoms with Gasteiger partial charge in [-0.1, -0.05) is 78.9 Å². The van der Waals surface area contributed by atoms with Gasteiger partial charge in [-0.2, -0.15) is 0 Å². The first-order valence-corrected chi connectivity index (χ1v) is 20.6. The fourth-order valence-electron chi connectivity index (χ4n) is 6.62. The molecule has 3 N–H and O–H groups in total. The number of carbonyl (C=O) groups is 6. The highest BCUT2D eigenvalue weighted by Crippen LogP contribution is 2.44. The quantitative estimate of drug-likeness (QED) is 0.0896. The Labute approximate surface area is 358 Å². The van der Waals surface area contributed by atoms with Crippen LogP contribution < -0.4 is 16.0 Å². The van der Waals surface area contributed by atoms with Gasteiger partial charge in [-0.25, -0.2) is 24.0 Å². The maximum atomic E-state index is 13.5. The first-order chi connectivity index (χ1) is 28.6. The van der Waals surface area contributed by atoms with Gasteiger partial charge < -0.3 is 39.6 Å². The van der Waals surface area contributed by atoms with E-state index in [1.165, 1.54) is 0 Å². The molecule has 61 heavy (non-hydrogen) atoms. The Bertz CT molecular complexity index is 1950. The van der Waals surface area contributed by atoms with Crippen LogP contribution in [0.2, 0.25) is 0 Å². The molecule has 0 saturated heterocycles. The smallest absolute Gasteiger partial charge is 0.408 e. The number of benzene rings is 3. The number of carbonyl (C=O) groups excluding carboxylic acids is 6. The lowest BCUT2D eigenvalue weighted by atomic mass is 9.98. The Kier molecular flexibility index (Phi) is 16.5. The van der Waals surface area contributed by atoms with Crippen molar-refractivity contribution in [2.24, 2.45) is 0 Å². The van der Waals surface area contributed by atoms with Gasteiger partial charge in [0, 0.05) is 12.3 Å². The van der Waals surface area contributed by atoms with Gasteiger partial charge in [-0.15, -0.1) is 0 Å². The molecular weight excluding hydrogens is 783 g/mol. The number of esters is 3. The summed E-state index contributed by atoms with van der Waals surface area (Å²) < 4.78 is 27.8. The highest BCUT2D eigenvalue weighted by molar-refractivity contribution is 5.86. The van der Waals surface area contributed by atoms with Crippen LogP contribution in [0.3, 0.4) is 0 Å².